The summed E-state index contributed by atoms with van der Waals surface area (Å²) in [5.74, 6) is -0.954. The smallest absolute Gasteiger partial charge is 0.306 e. The zero-order valence-electron chi connectivity index (χ0n) is 44.3. The van der Waals surface area contributed by atoms with Crippen LogP contribution in [0.3, 0.4) is 0 Å². The fraction of sp³-hybridized carbons (Fsp3) is 0.694. The molecule has 0 saturated carbocycles. The van der Waals surface area contributed by atoms with Crippen molar-refractivity contribution in [2.45, 2.75) is 264 Å². The van der Waals surface area contributed by atoms with Crippen LogP contribution in [0.1, 0.15) is 258 Å². The van der Waals surface area contributed by atoms with Gasteiger partial charge in [0.2, 0.25) is 0 Å². The van der Waals surface area contributed by atoms with Crippen LogP contribution in [0.5, 0.6) is 0 Å². The van der Waals surface area contributed by atoms with Crippen LogP contribution in [0.15, 0.2) is 97.2 Å². The third kappa shape index (κ3) is 53.3. The minimum atomic E-state index is -0.802. The van der Waals surface area contributed by atoms with Gasteiger partial charge in [-0.2, -0.15) is 0 Å². The van der Waals surface area contributed by atoms with E-state index in [1.54, 1.807) is 0 Å². The van der Waals surface area contributed by atoms with Crippen molar-refractivity contribution in [3.63, 3.8) is 0 Å². The first-order valence-electron chi connectivity index (χ1n) is 28.3. The lowest BCUT2D eigenvalue weighted by Crippen LogP contribution is -2.30. The van der Waals surface area contributed by atoms with Crippen LogP contribution in [0.4, 0.5) is 0 Å². The van der Waals surface area contributed by atoms with Crippen molar-refractivity contribution in [3.05, 3.63) is 97.2 Å². The molecule has 0 aliphatic carbocycles. The maximum Gasteiger partial charge on any atom is 0.306 e. The van der Waals surface area contributed by atoms with Crippen molar-refractivity contribution in [2.75, 3.05) is 13.2 Å². The molecular formula is C62H104O6. The average Bonchev–Trinajstić information content (AvgIpc) is 3.34. The van der Waals surface area contributed by atoms with Crippen LogP contribution in [0.2, 0.25) is 0 Å². The zero-order valence-corrected chi connectivity index (χ0v) is 44.3. The van der Waals surface area contributed by atoms with Crippen molar-refractivity contribution < 1.29 is 28.6 Å². The van der Waals surface area contributed by atoms with Crippen molar-refractivity contribution in [1.29, 1.82) is 0 Å². The van der Waals surface area contributed by atoms with Gasteiger partial charge in [0.15, 0.2) is 6.10 Å². The summed E-state index contributed by atoms with van der Waals surface area (Å²) >= 11 is 0. The summed E-state index contributed by atoms with van der Waals surface area (Å²) in [5.41, 5.74) is 0. The number of carbonyl (C=O) groups is 3. The van der Waals surface area contributed by atoms with E-state index in [0.717, 1.165) is 83.5 Å². The normalized spacial score (nSPS) is 12.8. The van der Waals surface area contributed by atoms with Gasteiger partial charge in [-0.25, -0.2) is 0 Å². The lowest BCUT2D eigenvalue weighted by molar-refractivity contribution is -0.167. The van der Waals surface area contributed by atoms with Crippen LogP contribution in [-0.2, 0) is 28.6 Å². The van der Waals surface area contributed by atoms with Crippen LogP contribution in [-0.4, -0.2) is 37.2 Å². The molecule has 0 rings (SSSR count). The molecule has 0 spiro atoms. The Kier molecular flexibility index (Phi) is 52.9. The Labute approximate surface area is 419 Å². The fourth-order valence-electron chi connectivity index (χ4n) is 7.77. The lowest BCUT2D eigenvalue weighted by atomic mass is 10.0. The molecule has 1 unspecified atom stereocenters. The summed E-state index contributed by atoms with van der Waals surface area (Å²) in [4.78, 5) is 38.1. The number of esters is 3. The van der Waals surface area contributed by atoms with Gasteiger partial charge in [0.1, 0.15) is 13.2 Å². The second-order valence-electron chi connectivity index (χ2n) is 18.7. The highest BCUT2D eigenvalue weighted by Crippen LogP contribution is 2.16. The number of hydrogen-bond donors (Lipinski definition) is 0. The topological polar surface area (TPSA) is 78.9 Å². The Morgan fingerprint density at radius 3 is 0.956 bits per heavy atom. The summed E-state index contributed by atoms with van der Waals surface area (Å²) in [6.45, 7) is 6.45. The first kappa shape index (κ1) is 64.3. The summed E-state index contributed by atoms with van der Waals surface area (Å²) in [5, 5.41) is 0. The molecule has 0 aromatic carbocycles. The molecule has 0 fully saturated rings. The molecule has 0 heterocycles. The first-order chi connectivity index (χ1) is 33.5. The Morgan fingerprint density at radius 1 is 0.309 bits per heavy atom. The lowest BCUT2D eigenvalue weighted by Gasteiger charge is -2.18. The molecule has 0 amide bonds. The summed E-state index contributed by atoms with van der Waals surface area (Å²) in [7, 11) is 0. The SMILES string of the molecule is CC\C=C/C=C\C=C/C=C\C=C\C=C/C=C\CCCCCC(=O)OCC(COC(=O)CCCCC/C=C\CCCCCCCCC)OC(=O)CCCCCCCCCCCCCCCCCCC. The second kappa shape index (κ2) is 55.9. The van der Waals surface area contributed by atoms with E-state index in [0.29, 0.717) is 19.3 Å². The monoisotopic (exact) mass is 945 g/mol. The summed E-state index contributed by atoms with van der Waals surface area (Å²) in [6.07, 6.45) is 73.9. The average molecular weight is 946 g/mol. The van der Waals surface area contributed by atoms with Crippen molar-refractivity contribution in [3.8, 4) is 0 Å². The van der Waals surface area contributed by atoms with Crippen LogP contribution in [0.25, 0.3) is 0 Å². The van der Waals surface area contributed by atoms with Gasteiger partial charge in [0.25, 0.3) is 0 Å². The Bertz CT molecular complexity index is 1360. The summed E-state index contributed by atoms with van der Waals surface area (Å²) < 4.78 is 16.8. The number of ether oxygens (including phenoxy) is 3. The molecule has 0 radical (unpaired) electrons. The van der Waals surface area contributed by atoms with E-state index in [1.807, 2.05) is 72.9 Å². The van der Waals surface area contributed by atoms with E-state index in [2.05, 4.69) is 45.1 Å². The van der Waals surface area contributed by atoms with E-state index in [4.69, 9.17) is 14.2 Å². The highest BCUT2D eigenvalue weighted by Gasteiger charge is 2.19. The predicted molar refractivity (Wildman–Crippen MR) is 293 cm³/mol. The molecule has 6 nitrogen and oxygen atoms in total. The fourth-order valence-corrected chi connectivity index (χ4v) is 7.77. The van der Waals surface area contributed by atoms with Crippen molar-refractivity contribution in [1.82, 2.24) is 0 Å². The molecule has 0 N–H and O–H groups in total. The van der Waals surface area contributed by atoms with Crippen LogP contribution >= 0.6 is 0 Å². The summed E-state index contributed by atoms with van der Waals surface area (Å²) in [6, 6.07) is 0. The number of carbonyl (C=O) groups excluding carboxylic acids is 3. The minimum absolute atomic E-state index is 0.0991. The van der Waals surface area contributed by atoms with E-state index in [-0.39, 0.29) is 31.1 Å². The molecule has 0 aromatic rings. The van der Waals surface area contributed by atoms with Gasteiger partial charge in [-0.3, -0.25) is 14.4 Å². The molecular weight excluding hydrogens is 841 g/mol. The van der Waals surface area contributed by atoms with Crippen LogP contribution in [0, 0.1) is 0 Å². The zero-order chi connectivity index (χ0) is 49.3. The Balaban J connectivity index is 4.49. The highest BCUT2D eigenvalue weighted by atomic mass is 16.6. The molecule has 388 valence electrons. The Hall–Kier alpha value is -3.67. The quantitative estimate of drug-likeness (QED) is 0.0199. The standard InChI is InChI=1S/C62H104O6/c1-4-7-10-13-16-19-22-25-28-30-31-33-34-37-40-43-46-49-52-55-61(64)67-58-59(57-66-60(63)54-51-48-45-42-39-36-27-24-21-18-15-12-9-6-3)68-62(65)56-53-50-47-44-41-38-35-32-29-26-23-20-17-14-11-8-5-2/h7,10,13,16,19,22,25,28,30-31,33-34,36-37,39-40,59H,4-6,8-9,11-12,14-15,17-18,20-21,23-24,26-27,29,32,35,38,41-58H2,1-3H3/b10-7-,16-13-,22-19-,28-25-,31-30+,34-33-,39-36-,40-37-. The van der Waals surface area contributed by atoms with Crippen LogP contribution < -0.4 is 0 Å². The molecule has 68 heavy (non-hydrogen) atoms. The Morgan fingerprint density at radius 2 is 0.588 bits per heavy atom. The van der Waals surface area contributed by atoms with E-state index in [1.165, 1.54) is 135 Å². The number of rotatable bonds is 50. The molecule has 1 atom stereocenters. The number of unbranched alkanes of at least 4 members (excludes halogenated alkanes) is 29. The molecule has 0 bridgehead atoms. The van der Waals surface area contributed by atoms with Crippen molar-refractivity contribution >= 4 is 17.9 Å². The maximum atomic E-state index is 12.9. The highest BCUT2D eigenvalue weighted by molar-refractivity contribution is 5.71. The van der Waals surface area contributed by atoms with Gasteiger partial charge < -0.3 is 14.2 Å². The second-order valence-corrected chi connectivity index (χ2v) is 18.7. The van der Waals surface area contributed by atoms with Gasteiger partial charge >= 0.3 is 17.9 Å². The third-order valence-electron chi connectivity index (χ3n) is 12.0. The van der Waals surface area contributed by atoms with E-state index < -0.39 is 6.10 Å². The maximum absolute atomic E-state index is 12.9. The number of hydrogen-bond acceptors (Lipinski definition) is 6. The van der Waals surface area contributed by atoms with Gasteiger partial charge in [0.05, 0.1) is 0 Å². The largest absolute Gasteiger partial charge is 0.462 e. The van der Waals surface area contributed by atoms with E-state index >= 15 is 0 Å². The predicted octanol–water partition coefficient (Wildman–Crippen LogP) is 18.9. The first-order valence-corrected chi connectivity index (χ1v) is 28.3. The molecule has 0 aromatic heterocycles. The molecule has 6 heteroatoms. The van der Waals surface area contributed by atoms with Gasteiger partial charge in [0, 0.05) is 19.3 Å². The van der Waals surface area contributed by atoms with Crippen molar-refractivity contribution in [2.24, 2.45) is 0 Å². The molecule has 0 saturated heterocycles. The van der Waals surface area contributed by atoms with E-state index in [9.17, 15) is 14.4 Å². The van der Waals surface area contributed by atoms with Gasteiger partial charge in [-0.05, 0) is 64.2 Å². The van der Waals surface area contributed by atoms with Gasteiger partial charge in [-0.1, -0.05) is 272 Å². The van der Waals surface area contributed by atoms with Gasteiger partial charge in [-0.15, -0.1) is 0 Å². The third-order valence-corrected chi connectivity index (χ3v) is 12.0. The number of allylic oxidation sites excluding steroid dienone is 16. The molecule has 0 aliphatic heterocycles. The molecule has 0 aliphatic rings. The minimum Gasteiger partial charge on any atom is -0.462 e.